The first-order valence-corrected chi connectivity index (χ1v) is 8.33. The zero-order valence-corrected chi connectivity index (χ0v) is 13.6. The van der Waals surface area contributed by atoms with E-state index < -0.39 is 35.8 Å². The van der Waals surface area contributed by atoms with Gasteiger partial charge in [0.05, 0.1) is 11.6 Å². The van der Waals surface area contributed by atoms with E-state index in [1.54, 1.807) is 12.3 Å². The topological polar surface area (TPSA) is 53.2 Å². The average Bonchev–Trinajstić information content (AvgIpc) is 2.79. The van der Waals surface area contributed by atoms with Crippen LogP contribution in [0.2, 0.25) is 0 Å². The fraction of sp³-hybridized carbons (Fsp3) is 0.235. The van der Waals surface area contributed by atoms with Crippen LogP contribution in [0.3, 0.4) is 0 Å². The Kier molecular flexibility index (Phi) is 4.39. The van der Waals surface area contributed by atoms with Crippen LogP contribution in [0.4, 0.5) is 17.6 Å². The van der Waals surface area contributed by atoms with Gasteiger partial charge in [-0.05, 0) is 24.5 Å². The molecule has 3 rings (SSSR count). The largest absolute Gasteiger partial charge is 0.454 e. The minimum Gasteiger partial charge on any atom is -0.454 e. The van der Waals surface area contributed by atoms with Crippen molar-refractivity contribution in [1.29, 1.82) is 5.26 Å². The summed E-state index contributed by atoms with van der Waals surface area (Å²) in [5.41, 5.74) is -0.311. The number of aliphatic hydroxyl groups is 1. The lowest BCUT2D eigenvalue weighted by atomic mass is 10.1. The molecule has 0 heterocycles. The fourth-order valence-corrected chi connectivity index (χ4v) is 3.45. The van der Waals surface area contributed by atoms with Gasteiger partial charge in [-0.15, -0.1) is 11.8 Å². The molecular formula is C17H11F4NO2S. The normalized spacial score (nSPS) is 17.9. The summed E-state index contributed by atoms with van der Waals surface area (Å²) in [6.07, 6.45) is -1.40. The van der Waals surface area contributed by atoms with Crippen LogP contribution in [0.15, 0.2) is 29.2 Å². The second kappa shape index (κ2) is 6.24. The molecule has 0 fully saturated rings. The third kappa shape index (κ3) is 3.05. The minimum atomic E-state index is -3.46. The van der Waals surface area contributed by atoms with Crippen LogP contribution in [0, 0.1) is 23.0 Å². The molecule has 0 aromatic heterocycles. The van der Waals surface area contributed by atoms with E-state index in [-0.39, 0.29) is 27.3 Å². The van der Waals surface area contributed by atoms with Gasteiger partial charge < -0.3 is 9.84 Å². The molecule has 0 radical (unpaired) electrons. The smallest absolute Gasteiger partial charge is 0.281 e. The lowest BCUT2D eigenvalue weighted by Gasteiger charge is -2.16. The summed E-state index contributed by atoms with van der Waals surface area (Å²) in [7, 11) is 0. The highest BCUT2D eigenvalue weighted by Crippen LogP contribution is 2.51. The highest BCUT2D eigenvalue weighted by atomic mass is 32.2. The van der Waals surface area contributed by atoms with E-state index in [2.05, 4.69) is 0 Å². The number of thioether (sulfide) groups is 1. The summed E-state index contributed by atoms with van der Waals surface area (Å²) < 4.78 is 61.1. The van der Waals surface area contributed by atoms with E-state index in [0.29, 0.717) is 0 Å². The van der Waals surface area contributed by atoms with Crippen LogP contribution in [-0.4, -0.2) is 17.3 Å². The molecule has 1 atom stereocenters. The molecule has 1 N–H and O–H groups in total. The minimum absolute atomic E-state index is 0.0573. The molecule has 25 heavy (non-hydrogen) atoms. The first kappa shape index (κ1) is 17.6. The molecule has 1 unspecified atom stereocenters. The van der Waals surface area contributed by atoms with Crippen LogP contribution >= 0.6 is 11.8 Å². The molecule has 0 aliphatic heterocycles. The molecule has 3 nitrogen and oxygen atoms in total. The molecule has 8 heteroatoms. The third-order valence-corrected chi connectivity index (χ3v) is 4.64. The van der Waals surface area contributed by atoms with Crippen molar-refractivity contribution >= 4 is 11.8 Å². The van der Waals surface area contributed by atoms with Crippen molar-refractivity contribution in [2.75, 3.05) is 6.26 Å². The van der Waals surface area contributed by atoms with Gasteiger partial charge in [-0.3, -0.25) is 0 Å². The second-order valence-corrected chi connectivity index (χ2v) is 6.36. The number of fused-ring (bicyclic) bond motifs is 1. The summed E-state index contributed by atoms with van der Waals surface area (Å²) in [5, 5.41) is 18.7. The molecule has 2 aromatic carbocycles. The van der Waals surface area contributed by atoms with Gasteiger partial charge in [0.25, 0.3) is 5.92 Å². The first-order chi connectivity index (χ1) is 11.8. The fourth-order valence-electron chi connectivity index (χ4n) is 2.78. The van der Waals surface area contributed by atoms with E-state index in [1.807, 2.05) is 0 Å². The van der Waals surface area contributed by atoms with Crippen molar-refractivity contribution in [2.24, 2.45) is 0 Å². The van der Waals surface area contributed by atoms with Gasteiger partial charge in [0.2, 0.25) is 0 Å². The molecule has 130 valence electrons. The molecule has 1 aliphatic carbocycles. The van der Waals surface area contributed by atoms with E-state index >= 15 is 0 Å². The highest BCUT2D eigenvalue weighted by Gasteiger charge is 2.50. The van der Waals surface area contributed by atoms with E-state index in [9.17, 15) is 22.7 Å². The monoisotopic (exact) mass is 369 g/mol. The van der Waals surface area contributed by atoms with Crippen LogP contribution in [-0.2, 0) is 6.42 Å². The first-order valence-electron chi connectivity index (χ1n) is 7.10. The lowest BCUT2D eigenvalue weighted by Crippen LogP contribution is -2.21. The molecule has 2 aromatic rings. The number of hydrogen-bond acceptors (Lipinski definition) is 4. The maximum absolute atomic E-state index is 14.4. The summed E-state index contributed by atoms with van der Waals surface area (Å²) in [4.78, 5) is 0.182. The Labute approximate surface area is 144 Å². The predicted octanol–water partition coefficient (Wildman–Crippen LogP) is 4.58. The quantitative estimate of drug-likeness (QED) is 0.636. The highest BCUT2D eigenvalue weighted by molar-refractivity contribution is 7.98. The molecule has 0 amide bonds. The van der Waals surface area contributed by atoms with Crippen molar-refractivity contribution in [3.63, 3.8) is 0 Å². The Bertz CT molecular complexity index is 895. The number of halogens is 4. The lowest BCUT2D eigenvalue weighted by molar-refractivity contribution is -0.0976. The predicted molar refractivity (Wildman–Crippen MR) is 83.0 cm³/mol. The van der Waals surface area contributed by atoms with E-state index in [4.69, 9.17) is 10.00 Å². The van der Waals surface area contributed by atoms with Crippen molar-refractivity contribution in [2.45, 2.75) is 23.3 Å². The Balaban J connectivity index is 2.13. The molecule has 0 bridgehead atoms. The van der Waals surface area contributed by atoms with Gasteiger partial charge >= 0.3 is 0 Å². The van der Waals surface area contributed by atoms with Gasteiger partial charge in [-0.2, -0.15) is 5.26 Å². The zero-order chi connectivity index (χ0) is 18.4. The standard InChI is InChI=1S/C17H11F4NO2S/c1-25-13-5-12(19)15(11-6-17(20,21)16(23)14(11)13)24-10-3-8(7-22)2-9(18)4-10/h2-5,16,23H,6H2,1H3. The molecule has 1 aliphatic rings. The Morgan fingerprint density at radius 1 is 1.28 bits per heavy atom. The van der Waals surface area contributed by atoms with Crippen LogP contribution in [0.25, 0.3) is 0 Å². The van der Waals surface area contributed by atoms with Gasteiger partial charge in [0.1, 0.15) is 17.7 Å². The summed E-state index contributed by atoms with van der Waals surface area (Å²) >= 11 is 1.02. The average molecular weight is 369 g/mol. The van der Waals surface area contributed by atoms with Crippen LogP contribution in [0.5, 0.6) is 11.5 Å². The van der Waals surface area contributed by atoms with Crippen LogP contribution in [0.1, 0.15) is 22.8 Å². The van der Waals surface area contributed by atoms with Gasteiger partial charge in [0, 0.05) is 28.5 Å². The SMILES string of the molecule is CSc1cc(F)c(Oc2cc(F)cc(C#N)c2)c2c1C(O)C(F)(F)C2. The van der Waals surface area contributed by atoms with Crippen molar-refractivity contribution in [1.82, 2.24) is 0 Å². The van der Waals surface area contributed by atoms with Gasteiger partial charge in [-0.25, -0.2) is 17.6 Å². The number of hydrogen-bond donors (Lipinski definition) is 1. The van der Waals surface area contributed by atoms with E-state index in [0.717, 1.165) is 30.0 Å². The number of benzene rings is 2. The van der Waals surface area contributed by atoms with Gasteiger partial charge in [-0.1, -0.05) is 0 Å². The summed E-state index contributed by atoms with van der Waals surface area (Å²) in [6, 6.07) is 5.76. The Morgan fingerprint density at radius 3 is 2.64 bits per heavy atom. The Hall–Kier alpha value is -2.24. The van der Waals surface area contributed by atoms with Crippen molar-refractivity contribution in [3.8, 4) is 17.6 Å². The molecule has 0 saturated heterocycles. The Morgan fingerprint density at radius 2 is 2.00 bits per heavy atom. The summed E-state index contributed by atoms with van der Waals surface area (Å²) in [6.45, 7) is 0. The number of rotatable bonds is 3. The molecular weight excluding hydrogens is 358 g/mol. The van der Waals surface area contributed by atoms with Gasteiger partial charge in [0.15, 0.2) is 11.6 Å². The second-order valence-electron chi connectivity index (χ2n) is 5.51. The maximum atomic E-state index is 14.4. The maximum Gasteiger partial charge on any atom is 0.281 e. The number of nitriles is 1. The van der Waals surface area contributed by atoms with Crippen molar-refractivity contribution < 1.29 is 27.4 Å². The third-order valence-electron chi connectivity index (χ3n) is 3.87. The number of aliphatic hydroxyl groups excluding tert-OH is 1. The summed E-state index contributed by atoms with van der Waals surface area (Å²) in [5.74, 6) is -5.84. The van der Waals surface area contributed by atoms with Crippen LogP contribution < -0.4 is 4.74 Å². The number of nitrogens with zero attached hydrogens (tertiary/aromatic N) is 1. The molecule has 0 saturated carbocycles. The number of alkyl halides is 2. The zero-order valence-electron chi connectivity index (χ0n) is 12.8. The molecule has 0 spiro atoms. The van der Waals surface area contributed by atoms with E-state index in [1.165, 1.54) is 6.07 Å². The number of ether oxygens (including phenoxy) is 1. The van der Waals surface area contributed by atoms with Crippen molar-refractivity contribution in [3.05, 3.63) is 52.6 Å².